The van der Waals surface area contributed by atoms with Crippen molar-refractivity contribution in [1.82, 2.24) is 15.1 Å². The van der Waals surface area contributed by atoms with Crippen molar-refractivity contribution in [1.29, 1.82) is 0 Å². The van der Waals surface area contributed by atoms with Crippen LogP contribution in [0, 0.1) is 5.92 Å². The zero-order valence-electron chi connectivity index (χ0n) is 12.2. The fraction of sp³-hybridized carbons (Fsp3) is 0.312. The van der Waals surface area contributed by atoms with E-state index < -0.39 is 0 Å². The maximum Gasteiger partial charge on any atom is 0.274 e. The molecule has 114 valence electrons. The summed E-state index contributed by atoms with van der Waals surface area (Å²) in [6.45, 7) is 0.802. The predicted molar refractivity (Wildman–Crippen MR) is 87.3 cm³/mol. The largest absolute Gasteiger partial charge is 0.340 e. The van der Waals surface area contributed by atoms with Gasteiger partial charge in [0.1, 0.15) is 5.03 Å². The quantitative estimate of drug-likeness (QED) is 0.835. The van der Waals surface area contributed by atoms with Crippen LogP contribution < -0.4 is 0 Å². The Labute approximate surface area is 138 Å². The molecule has 1 fully saturated rings. The summed E-state index contributed by atoms with van der Waals surface area (Å²) in [5.41, 5.74) is 0.381. The fourth-order valence-electron chi connectivity index (χ4n) is 2.09. The Morgan fingerprint density at radius 2 is 2.05 bits per heavy atom. The van der Waals surface area contributed by atoms with Crippen molar-refractivity contribution in [2.45, 2.75) is 22.8 Å². The van der Waals surface area contributed by atoms with Gasteiger partial charge in [0.25, 0.3) is 5.91 Å². The SMILES string of the molecule is CN(CC1CC1)C(=O)c1ccc(Sc2ccccc2Cl)nn1. The molecule has 0 bridgehead atoms. The Kier molecular flexibility index (Phi) is 4.64. The number of carbonyl (C=O) groups excluding carboxylic acids is 1. The van der Waals surface area contributed by atoms with Gasteiger partial charge in [0.2, 0.25) is 0 Å². The molecule has 0 radical (unpaired) electrons. The summed E-state index contributed by atoms with van der Waals surface area (Å²) in [5.74, 6) is 0.589. The minimum Gasteiger partial charge on any atom is -0.340 e. The number of halogens is 1. The van der Waals surface area contributed by atoms with Crippen LogP contribution in [0.25, 0.3) is 0 Å². The van der Waals surface area contributed by atoms with Gasteiger partial charge in [-0.05, 0) is 43.0 Å². The van der Waals surface area contributed by atoms with Crippen molar-refractivity contribution in [2.75, 3.05) is 13.6 Å². The van der Waals surface area contributed by atoms with E-state index in [1.165, 1.54) is 24.6 Å². The molecule has 2 aromatic rings. The monoisotopic (exact) mass is 333 g/mol. The highest BCUT2D eigenvalue weighted by molar-refractivity contribution is 7.99. The first kappa shape index (κ1) is 15.3. The number of nitrogens with zero attached hydrogens (tertiary/aromatic N) is 3. The van der Waals surface area contributed by atoms with E-state index in [4.69, 9.17) is 11.6 Å². The van der Waals surface area contributed by atoms with Gasteiger partial charge in [0.05, 0.1) is 5.02 Å². The van der Waals surface area contributed by atoms with Crippen LogP contribution in [-0.4, -0.2) is 34.6 Å². The average Bonchev–Trinajstić information content (AvgIpc) is 3.33. The number of amides is 1. The molecule has 0 saturated heterocycles. The van der Waals surface area contributed by atoms with Crippen LogP contribution in [0.5, 0.6) is 0 Å². The van der Waals surface area contributed by atoms with Crippen molar-refractivity contribution in [3.63, 3.8) is 0 Å². The van der Waals surface area contributed by atoms with Gasteiger partial charge in [0, 0.05) is 18.5 Å². The lowest BCUT2D eigenvalue weighted by atomic mass is 10.3. The Bertz CT molecular complexity index is 673. The first-order valence-corrected chi connectivity index (χ1v) is 8.34. The number of hydrogen-bond donors (Lipinski definition) is 0. The highest BCUT2D eigenvalue weighted by atomic mass is 35.5. The lowest BCUT2D eigenvalue weighted by molar-refractivity contribution is 0.0781. The van der Waals surface area contributed by atoms with Gasteiger partial charge >= 0.3 is 0 Å². The third kappa shape index (κ3) is 3.78. The molecule has 0 spiro atoms. The van der Waals surface area contributed by atoms with Crippen LogP contribution in [0.4, 0.5) is 0 Å². The zero-order valence-corrected chi connectivity index (χ0v) is 13.8. The Morgan fingerprint density at radius 1 is 1.27 bits per heavy atom. The summed E-state index contributed by atoms with van der Waals surface area (Å²) < 4.78 is 0. The van der Waals surface area contributed by atoms with Crippen molar-refractivity contribution >= 4 is 29.3 Å². The Balaban J connectivity index is 1.67. The molecule has 0 atom stereocenters. The van der Waals surface area contributed by atoms with Crippen molar-refractivity contribution < 1.29 is 4.79 Å². The van der Waals surface area contributed by atoms with Gasteiger partial charge in [-0.25, -0.2) is 0 Å². The molecule has 1 aliphatic carbocycles. The van der Waals surface area contributed by atoms with Gasteiger partial charge < -0.3 is 4.90 Å². The van der Waals surface area contributed by atoms with Crippen LogP contribution in [0.3, 0.4) is 0 Å². The van der Waals surface area contributed by atoms with E-state index >= 15 is 0 Å². The number of aromatic nitrogens is 2. The van der Waals surface area contributed by atoms with E-state index in [0.29, 0.717) is 16.6 Å². The van der Waals surface area contributed by atoms with E-state index in [2.05, 4.69) is 10.2 Å². The number of carbonyl (C=O) groups is 1. The van der Waals surface area contributed by atoms with E-state index in [1.54, 1.807) is 17.0 Å². The minimum atomic E-state index is -0.0753. The van der Waals surface area contributed by atoms with Crippen LogP contribution in [0.15, 0.2) is 46.3 Å². The minimum absolute atomic E-state index is 0.0753. The highest BCUT2D eigenvalue weighted by Gasteiger charge is 2.25. The third-order valence-electron chi connectivity index (χ3n) is 3.49. The Hall–Kier alpha value is -1.59. The summed E-state index contributed by atoms with van der Waals surface area (Å²) in [5, 5.41) is 9.56. The first-order valence-electron chi connectivity index (χ1n) is 7.15. The van der Waals surface area contributed by atoms with Gasteiger partial charge in [-0.1, -0.05) is 35.5 Å². The van der Waals surface area contributed by atoms with Crippen LogP contribution in [0.2, 0.25) is 5.02 Å². The number of benzene rings is 1. The summed E-state index contributed by atoms with van der Waals surface area (Å²) in [7, 11) is 1.81. The molecule has 6 heteroatoms. The second kappa shape index (κ2) is 6.67. The number of rotatable bonds is 5. The van der Waals surface area contributed by atoms with Gasteiger partial charge in [-0.3, -0.25) is 4.79 Å². The van der Waals surface area contributed by atoms with E-state index in [0.717, 1.165) is 16.5 Å². The molecule has 1 amide bonds. The number of hydrogen-bond acceptors (Lipinski definition) is 4. The molecule has 0 aliphatic heterocycles. The first-order chi connectivity index (χ1) is 10.6. The van der Waals surface area contributed by atoms with Gasteiger partial charge in [-0.15, -0.1) is 10.2 Å². The molecule has 22 heavy (non-hydrogen) atoms. The molecule has 3 rings (SSSR count). The molecule has 0 unspecified atom stereocenters. The predicted octanol–water partition coefficient (Wildman–Crippen LogP) is 3.76. The smallest absolute Gasteiger partial charge is 0.274 e. The molecule has 1 aliphatic rings. The standard InChI is InChI=1S/C16H16ClN3OS/c1-20(10-11-6-7-11)16(21)13-8-9-15(19-18-13)22-14-5-3-2-4-12(14)17/h2-5,8-9,11H,6-7,10H2,1H3. The topological polar surface area (TPSA) is 46.1 Å². The van der Waals surface area contributed by atoms with Crippen molar-refractivity contribution in [3.05, 3.63) is 47.1 Å². The van der Waals surface area contributed by atoms with Crippen LogP contribution in [0.1, 0.15) is 23.3 Å². The second-order valence-electron chi connectivity index (χ2n) is 5.42. The maximum atomic E-state index is 12.2. The molecule has 0 N–H and O–H groups in total. The summed E-state index contributed by atoms with van der Waals surface area (Å²) in [6, 6.07) is 11.1. The zero-order chi connectivity index (χ0) is 15.5. The fourth-order valence-corrected chi connectivity index (χ4v) is 3.10. The molecule has 4 nitrogen and oxygen atoms in total. The van der Waals surface area contributed by atoms with Gasteiger partial charge in [-0.2, -0.15) is 0 Å². The van der Waals surface area contributed by atoms with Crippen LogP contribution >= 0.6 is 23.4 Å². The molecule has 1 aromatic carbocycles. The van der Waals surface area contributed by atoms with E-state index in [9.17, 15) is 4.79 Å². The van der Waals surface area contributed by atoms with Gasteiger partial charge in [0.15, 0.2) is 5.69 Å². The molecular weight excluding hydrogens is 318 g/mol. The summed E-state index contributed by atoms with van der Waals surface area (Å²) >= 11 is 7.56. The molecule has 1 saturated carbocycles. The van der Waals surface area contributed by atoms with Crippen molar-refractivity contribution in [3.8, 4) is 0 Å². The molecule has 1 heterocycles. The highest BCUT2D eigenvalue weighted by Crippen LogP contribution is 2.32. The Morgan fingerprint density at radius 3 is 2.68 bits per heavy atom. The van der Waals surface area contributed by atoms with E-state index in [1.807, 2.05) is 31.3 Å². The lowest BCUT2D eigenvalue weighted by Gasteiger charge is -2.15. The summed E-state index contributed by atoms with van der Waals surface area (Å²) in [6.07, 6.45) is 2.44. The normalized spacial score (nSPS) is 13.9. The van der Waals surface area contributed by atoms with Crippen LogP contribution in [-0.2, 0) is 0 Å². The average molecular weight is 334 g/mol. The molecular formula is C16H16ClN3OS. The molecule has 1 aromatic heterocycles. The summed E-state index contributed by atoms with van der Waals surface area (Å²) in [4.78, 5) is 14.9. The third-order valence-corrected chi connectivity index (χ3v) is 4.93. The maximum absolute atomic E-state index is 12.2. The lowest BCUT2D eigenvalue weighted by Crippen LogP contribution is -2.29. The second-order valence-corrected chi connectivity index (χ2v) is 6.89. The van der Waals surface area contributed by atoms with Crippen molar-refractivity contribution in [2.24, 2.45) is 5.92 Å². The van der Waals surface area contributed by atoms with E-state index in [-0.39, 0.29) is 5.91 Å².